The van der Waals surface area contributed by atoms with Crippen molar-refractivity contribution in [2.24, 2.45) is 5.41 Å². The number of pyridine rings is 2. The van der Waals surface area contributed by atoms with Crippen LogP contribution in [-0.4, -0.2) is 57.3 Å². The van der Waals surface area contributed by atoms with Gasteiger partial charge in [0.15, 0.2) is 0 Å². The van der Waals surface area contributed by atoms with Gasteiger partial charge in [-0.1, -0.05) is 13.8 Å². The molecule has 0 aromatic carbocycles. The van der Waals surface area contributed by atoms with Gasteiger partial charge in [0.25, 0.3) is 0 Å². The third kappa shape index (κ3) is 5.20. The molecule has 3 N–H and O–H groups in total. The lowest BCUT2D eigenvalue weighted by Gasteiger charge is -2.26. The zero-order chi connectivity index (χ0) is 21.2. The number of carbonyl (C=O) groups is 2. The summed E-state index contributed by atoms with van der Waals surface area (Å²) in [5.41, 5.74) is 1.74. The van der Waals surface area contributed by atoms with E-state index in [2.05, 4.69) is 20.2 Å². The lowest BCUT2D eigenvalue weighted by atomic mass is 9.85. The number of fused-ring (bicyclic) bond motifs is 1. The van der Waals surface area contributed by atoms with Gasteiger partial charge in [0.05, 0.1) is 17.6 Å². The third-order valence-corrected chi connectivity index (χ3v) is 5.26. The summed E-state index contributed by atoms with van der Waals surface area (Å²) in [6, 6.07) is 5.75. The molecule has 2 aromatic heterocycles. The van der Waals surface area contributed by atoms with Gasteiger partial charge in [0.2, 0.25) is 5.91 Å². The number of carboxylic acid groups (broad SMARTS) is 1. The Morgan fingerprint density at radius 2 is 2.03 bits per heavy atom. The van der Waals surface area contributed by atoms with E-state index >= 15 is 0 Å². The second-order valence-corrected chi connectivity index (χ2v) is 8.73. The summed E-state index contributed by atoms with van der Waals surface area (Å²) in [5, 5.41) is 22.7. The first-order valence-corrected chi connectivity index (χ1v) is 9.75. The van der Waals surface area contributed by atoms with Crippen LogP contribution in [0.4, 0.5) is 5.69 Å². The molecule has 0 radical (unpaired) electrons. The normalized spacial score (nSPS) is 19.5. The Labute approximate surface area is 170 Å². The van der Waals surface area contributed by atoms with Crippen LogP contribution in [0.2, 0.25) is 0 Å². The number of β-amino-alcohol motifs (C(OH)–C–C–N with tert-alkyl or cyclic N) is 1. The lowest BCUT2D eigenvalue weighted by molar-refractivity contribution is -0.139. The molecule has 0 spiro atoms. The van der Waals surface area contributed by atoms with Crippen molar-refractivity contribution in [2.45, 2.75) is 45.6 Å². The third-order valence-electron chi connectivity index (χ3n) is 5.26. The molecule has 0 saturated carbocycles. The molecule has 0 aliphatic carbocycles. The van der Waals surface area contributed by atoms with Crippen molar-refractivity contribution in [1.29, 1.82) is 0 Å². The average Bonchev–Trinajstić information content (AvgIpc) is 3.00. The van der Waals surface area contributed by atoms with Crippen LogP contribution in [0, 0.1) is 12.3 Å². The number of nitrogens with zero attached hydrogens (tertiary/aromatic N) is 3. The van der Waals surface area contributed by atoms with Gasteiger partial charge < -0.3 is 20.4 Å². The van der Waals surface area contributed by atoms with Gasteiger partial charge in [0.1, 0.15) is 11.1 Å². The number of anilines is 1. The minimum Gasteiger partial charge on any atom is -0.481 e. The lowest BCUT2D eigenvalue weighted by Crippen LogP contribution is -2.45. The molecule has 156 valence electrons. The first-order chi connectivity index (χ1) is 13.6. The fourth-order valence-electron chi connectivity index (χ4n) is 3.80. The van der Waals surface area contributed by atoms with Crippen LogP contribution in [0.3, 0.4) is 0 Å². The fraction of sp³-hybridized carbons (Fsp3) is 0.524. The van der Waals surface area contributed by atoms with Gasteiger partial charge in [-0.2, -0.15) is 0 Å². The molecule has 1 fully saturated rings. The predicted octanol–water partition coefficient (Wildman–Crippen LogP) is 1.89. The molecule has 1 aliphatic rings. The van der Waals surface area contributed by atoms with Crippen molar-refractivity contribution < 1.29 is 19.8 Å². The van der Waals surface area contributed by atoms with Gasteiger partial charge in [-0.25, -0.2) is 4.98 Å². The largest absolute Gasteiger partial charge is 0.481 e. The van der Waals surface area contributed by atoms with Crippen LogP contribution in [0.5, 0.6) is 0 Å². The maximum absolute atomic E-state index is 12.3. The highest BCUT2D eigenvalue weighted by Gasteiger charge is 2.37. The SMILES string of the molecule is Cc1ccc2nccc(N3CCC(O)(CNC(=O)CC(C)(C)CC(=O)O)C3)c2n1. The van der Waals surface area contributed by atoms with E-state index < -0.39 is 17.0 Å². The maximum Gasteiger partial charge on any atom is 0.303 e. The Kier molecular flexibility index (Phi) is 5.75. The number of carboxylic acids is 1. The minimum absolute atomic E-state index is 0.0833. The van der Waals surface area contributed by atoms with Crippen LogP contribution in [0.25, 0.3) is 11.0 Å². The summed E-state index contributed by atoms with van der Waals surface area (Å²) >= 11 is 0. The zero-order valence-corrected chi connectivity index (χ0v) is 17.1. The summed E-state index contributed by atoms with van der Waals surface area (Å²) in [7, 11) is 0. The minimum atomic E-state index is -1.05. The zero-order valence-electron chi connectivity index (χ0n) is 17.1. The number of rotatable bonds is 7. The van der Waals surface area contributed by atoms with E-state index in [-0.39, 0.29) is 25.3 Å². The Hall–Kier alpha value is -2.74. The number of hydrogen-bond acceptors (Lipinski definition) is 6. The van der Waals surface area contributed by atoms with Gasteiger partial charge in [-0.05, 0) is 37.0 Å². The van der Waals surface area contributed by atoms with Crippen molar-refractivity contribution in [3.05, 3.63) is 30.1 Å². The van der Waals surface area contributed by atoms with E-state index in [1.165, 1.54) is 0 Å². The number of hydrogen-bond donors (Lipinski definition) is 3. The summed E-state index contributed by atoms with van der Waals surface area (Å²) in [6.45, 7) is 6.57. The first kappa shape index (κ1) is 21.0. The predicted molar refractivity (Wildman–Crippen MR) is 110 cm³/mol. The molecule has 0 bridgehead atoms. The number of aliphatic hydroxyl groups is 1. The van der Waals surface area contributed by atoms with Crippen molar-refractivity contribution in [3.8, 4) is 0 Å². The highest BCUT2D eigenvalue weighted by Crippen LogP contribution is 2.31. The Bertz CT molecular complexity index is 930. The molecule has 3 rings (SSSR count). The first-order valence-electron chi connectivity index (χ1n) is 9.75. The number of aromatic nitrogens is 2. The van der Waals surface area contributed by atoms with Crippen LogP contribution >= 0.6 is 0 Å². The molecule has 1 atom stereocenters. The van der Waals surface area contributed by atoms with Crippen molar-refractivity contribution in [2.75, 3.05) is 24.5 Å². The van der Waals surface area contributed by atoms with Crippen molar-refractivity contribution >= 4 is 28.6 Å². The Balaban J connectivity index is 1.64. The Morgan fingerprint density at radius 1 is 1.28 bits per heavy atom. The summed E-state index contributed by atoms with van der Waals surface area (Å²) in [6.07, 6.45) is 2.26. The number of aryl methyl sites for hydroxylation is 1. The maximum atomic E-state index is 12.3. The monoisotopic (exact) mass is 400 g/mol. The van der Waals surface area contributed by atoms with Gasteiger partial charge in [-0.3, -0.25) is 14.6 Å². The molecular formula is C21H28N4O4. The van der Waals surface area contributed by atoms with Crippen LogP contribution < -0.4 is 10.2 Å². The number of aliphatic carboxylic acids is 1. The van der Waals surface area contributed by atoms with Crippen molar-refractivity contribution in [3.63, 3.8) is 0 Å². The fourth-order valence-corrected chi connectivity index (χ4v) is 3.80. The molecular weight excluding hydrogens is 372 g/mol. The van der Waals surface area contributed by atoms with E-state index in [9.17, 15) is 14.7 Å². The van der Waals surface area contributed by atoms with Gasteiger partial charge >= 0.3 is 5.97 Å². The van der Waals surface area contributed by atoms with E-state index in [4.69, 9.17) is 5.11 Å². The van der Waals surface area contributed by atoms with E-state index in [0.29, 0.717) is 19.5 Å². The second kappa shape index (κ2) is 7.94. The molecule has 29 heavy (non-hydrogen) atoms. The molecule has 1 amide bonds. The van der Waals surface area contributed by atoms with Crippen LogP contribution in [0.15, 0.2) is 24.4 Å². The highest BCUT2D eigenvalue weighted by atomic mass is 16.4. The van der Waals surface area contributed by atoms with Crippen LogP contribution in [-0.2, 0) is 9.59 Å². The van der Waals surface area contributed by atoms with Crippen molar-refractivity contribution in [1.82, 2.24) is 15.3 Å². The molecule has 3 heterocycles. The van der Waals surface area contributed by atoms with E-state index in [1.807, 2.05) is 25.1 Å². The second-order valence-electron chi connectivity index (χ2n) is 8.73. The van der Waals surface area contributed by atoms with E-state index in [1.54, 1.807) is 20.0 Å². The standard InChI is InChI=1S/C21H28N4O4/c1-14-4-5-15-19(24-14)16(6-8-22-15)25-9-7-21(29,13-25)12-23-17(26)10-20(2,3)11-18(27)28/h4-6,8,29H,7,9-13H2,1-3H3,(H,23,26)(H,27,28). The summed E-state index contributed by atoms with van der Waals surface area (Å²) < 4.78 is 0. The number of carbonyl (C=O) groups excluding carboxylic acids is 1. The highest BCUT2D eigenvalue weighted by molar-refractivity contribution is 5.88. The number of nitrogens with one attached hydrogen (secondary N) is 1. The summed E-state index contributed by atoms with van der Waals surface area (Å²) in [4.78, 5) is 34.2. The molecule has 1 saturated heterocycles. The topological polar surface area (TPSA) is 116 Å². The smallest absolute Gasteiger partial charge is 0.303 e. The molecule has 1 aliphatic heterocycles. The quantitative estimate of drug-likeness (QED) is 0.650. The molecule has 8 heteroatoms. The van der Waals surface area contributed by atoms with Gasteiger partial charge in [0, 0.05) is 37.9 Å². The van der Waals surface area contributed by atoms with Crippen LogP contribution in [0.1, 0.15) is 38.8 Å². The molecule has 1 unspecified atom stereocenters. The Morgan fingerprint density at radius 3 is 2.76 bits per heavy atom. The number of amides is 1. The molecule has 8 nitrogen and oxygen atoms in total. The van der Waals surface area contributed by atoms with Gasteiger partial charge in [-0.15, -0.1) is 0 Å². The van der Waals surface area contributed by atoms with E-state index in [0.717, 1.165) is 22.4 Å². The average molecular weight is 400 g/mol. The summed E-state index contributed by atoms with van der Waals surface area (Å²) in [5.74, 6) is -1.18. The molecule has 2 aromatic rings.